The molecular formula is C23H23N3O. The summed E-state index contributed by atoms with van der Waals surface area (Å²) in [4.78, 5) is 13.9. The number of fused-ring (bicyclic) bond motifs is 3. The van der Waals surface area contributed by atoms with Crippen LogP contribution in [0.25, 0.3) is 10.9 Å². The maximum absolute atomic E-state index is 11.6. The molecule has 4 nitrogen and oxygen atoms in total. The van der Waals surface area contributed by atoms with Gasteiger partial charge < -0.3 is 9.36 Å². The topological polar surface area (TPSA) is 49.0 Å². The third-order valence-corrected chi connectivity index (χ3v) is 5.74. The van der Waals surface area contributed by atoms with Crippen LogP contribution in [0.15, 0.2) is 54.6 Å². The van der Waals surface area contributed by atoms with Crippen molar-refractivity contribution in [1.29, 1.82) is 5.26 Å². The summed E-state index contributed by atoms with van der Waals surface area (Å²) in [7, 11) is 2.09. The number of benzene rings is 2. The minimum atomic E-state index is -0.0118. The summed E-state index contributed by atoms with van der Waals surface area (Å²) in [6, 6.07) is 21.2. The number of carbonyl (C=O) groups is 1. The lowest BCUT2D eigenvalue weighted by molar-refractivity contribution is -0.109. The first-order chi connectivity index (χ1) is 13.2. The summed E-state index contributed by atoms with van der Waals surface area (Å²) < 4.78 is 2.24. The van der Waals surface area contributed by atoms with Crippen LogP contribution in [-0.2, 0) is 24.8 Å². The largest absolute Gasteiger partial charge is 0.346 e. The summed E-state index contributed by atoms with van der Waals surface area (Å²) >= 11 is 0. The van der Waals surface area contributed by atoms with Crippen LogP contribution in [0, 0.1) is 11.3 Å². The van der Waals surface area contributed by atoms with Gasteiger partial charge in [0, 0.05) is 42.7 Å². The second-order valence-electron chi connectivity index (χ2n) is 7.24. The maximum Gasteiger partial charge on any atom is 0.121 e. The van der Waals surface area contributed by atoms with Crippen molar-refractivity contribution >= 4 is 17.2 Å². The van der Waals surface area contributed by atoms with E-state index in [1.807, 2.05) is 18.2 Å². The standard InChI is InChI=1S/C23H23N3O/c1-25-21-10-6-5-9-19(21)20-15-18(11-13-24)26(22(12-14-27)23(20)25)16-17-7-3-2-4-8-17/h2-10,14,18,22H,11-12,15-16H2,1H3/t18-,22+/m1/s1. The summed E-state index contributed by atoms with van der Waals surface area (Å²) in [5.41, 5.74) is 4.91. The van der Waals surface area contributed by atoms with Gasteiger partial charge in [-0.2, -0.15) is 5.26 Å². The fourth-order valence-corrected chi connectivity index (χ4v) is 4.56. The predicted molar refractivity (Wildman–Crippen MR) is 106 cm³/mol. The van der Waals surface area contributed by atoms with Gasteiger partial charge in [-0.3, -0.25) is 4.90 Å². The number of hydrogen-bond donors (Lipinski definition) is 0. The van der Waals surface area contributed by atoms with E-state index in [1.165, 1.54) is 27.7 Å². The Hall–Kier alpha value is -2.90. The number of nitriles is 1. The number of nitrogens with zero attached hydrogens (tertiary/aromatic N) is 3. The first kappa shape index (κ1) is 17.5. The molecule has 4 rings (SSSR count). The average Bonchev–Trinajstić information content (AvgIpc) is 2.98. The minimum Gasteiger partial charge on any atom is -0.346 e. The van der Waals surface area contributed by atoms with Gasteiger partial charge >= 0.3 is 0 Å². The second-order valence-corrected chi connectivity index (χ2v) is 7.24. The van der Waals surface area contributed by atoms with E-state index in [9.17, 15) is 10.1 Å². The van der Waals surface area contributed by atoms with E-state index >= 15 is 0 Å². The van der Waals surface area contributed by atoms with Gasteiger partial charge in [-0.05, 0) is 23.6 Å². The minimum absolute atomic E-state index is 0.0118. The van der Waals surface area contributed by atoms with Gasteiger partial charge in [-0.1, -0.05) is 48.5 Å². The number of hydrogen-bond acceptors (Lipinski definition) is 3. The van der Waals surface area contributed by atoms with Gasteiger partial charge in [0.05, 0.1) is 18.5 Å². The summed E-state index contributed by atoms with van der Waals surface area (Å²) in [6.45, 7) is 0.743. The molecule has 4 heteroatoms. The Morgan fingerprint density at radius 3 is 2.63 bits per heavy atom. The number of aryl methyl sites for hydroxylation is 1. The Morgan fingerprint density at radius 2 is 1.89 bits per heavy atom. The summed E-state index contributed by atoms with van der Waals surface area (Å²) in [5.74, 6) is 0. The monoisotopic (exact) mass is 357 g/mol. The highest BCUT2D eigenvalue weighted by Crippen LogP contribution is 2.41. The second kappa shape index (κ2) is 7.38. The van der Waals surface area contributed by atoms with E-state index < -0.39 is 0 Å². The van der Waals surface area contributed by atoms with Gasteiger partial charge in [-0.15, -0.1) is 0 Å². The molecule has 136 valence electrons. The lowest BCUT2D eigenvalue weighted by atomic mass is 9.88. The van der Waals surface area contributed by atoms with Crippen LogP contribution in [0.1, 0.15) is 35.7 Å². The van der Waals surface area contributed by atoms with Crippen LogP contribution >= 0.6 is 0 Å². The van der Waals surface area contributed by atoms with Gasteiger partial charge in [0.15, 0.2) is 0 Å². The lowest BCUT2D eigenvalue weighted by Gasteiger charge is -2.41. The van der Waals surface area contributed by atoms with Crippen molar-refractivity contribution < 1.29 is 4.79 Å². The third kappa shape index (κ3) is 3.05. The van der Waals surface area contributed by atoms with Crippen LogP contribution in [0.4, 0.5) is 0 Å². The van der Waals surface area contributed by atoms with E-state index in [4.69, 9.17) is 0 Å². The van der Waals surface area contributed by atoms with E-state index in [2.05, 4.69) is 59.0 Å². The molecule has 1 aliphatic heterocycles. The Kier molecular flexibility index (Phi) is 4.79. The molecule has 0 spiro atoms. The van der Waals surface area contributed by atoms with Crippen LogP contribution in [0.3, 0.4) is 0 Å². The molecule has 2 aromatic carbocycles. The molecule has 0 amide bonds. The number of aldehydes is 1. The molecule has 0 bridgehead atoms. The molecule has 0 radical (unpaired) electrons. The average molecular weight is 357 g/mol. The summed E-state index contributed by atoms with van der Waals surface area (Å²) in [6.07, 6.45) is 2.75. The summed E-state index contributed by atoms with van der Waals surface area (Å²) in [5, 5.41) is 10.7. The van der Waals surface area contributed by atoms with E-state index in [0.717, 1.165) is 19.3 Å². The van der Waals surface area contributed by atoms with Crippen molar-refractivity contribution in [2.45, 2.75) is 37.9 Å². The van der Waals surface area contributed by atoms with Gasteiger partial charge in [-0.25, -0.2) is 0 Å². The molecule has 0 aliphatic carbocycles. The number of para-hydroxylation sites is 1. The van der Waals surface area contributed by atoms with E-state index in [0.29, 0.717) is 12.8 Å². The molecule has 2 atom stereocenters. The van der Waals surface area contributed by atoms with Crippen molar-refractivity contribution in [3.63, 3.8) is 0 Å². The molecule has 1 aromatic heterocycles. The molecule has 0 unspecified atom stereocenters. The third-order valence-electron chi connectivity index (χ3n) is 5.74. The molecule has 3 aromatic rings. The quantitative estimate of drug-likeness (QED) is 0.645. The van der Waals surface area contributed by atoms with Gasteiger partial charge in [0.2, 0.25) is 0 Å². The smallest absolute Gasteiger partial charge is 0.121 e. The Labute approximate surface area is 159 Å². The Balaban J connectivity index is 1.85. The van der Waals surface area contributed by atoms with Crippen molar-refractivity contribution in [3.05, 3.63) is 71.4 Å². The van der Waals surface area contributed by atoms with Crippen molar-refractivity contribution in [2.75, 3.05) is 0 Å². The maximum atomic E-state index is 11.6. The highest BCUT2D eigenvalue weighted by atomic mass is 16.1. The molecule has 2 heterocycles. The SMILES string of the molecule is Cn1c2c(c3ccccc31)C[C@@H](CC#N)N(Cc1ccccc1)[C@H]2CC=O. The molecule has 0 saturated carbocycles. The zero-order valence-electron chi connectivity index (χ0n) is 15.5. The Morgan fingerprint density at radius 1 is 1.15 bits per heavy atom. The number of aromatic nitrogens is 1. The predicted octanol–water partition coefficient (Wildman–Crippen LogP) is 4.15. The first-order valence-electron chi connectivity index (χ1n) is 9.41. The zero-order valence-corrected chi connectivity index (χ0v) is 15.5. The number of rotatable bonds is 5. The Bertz CT molecular complexity index is 1000. The highest BCUT2D eigenvalue weighted by molar-refractivity contribution is 5.86. The van der Waals surface area contributed by atoms with E-state index in [-0.39, 0.29) is 12.1 Å². The van der Waals surface area contributed by atoms with Gasteiger partial charge in [0.25, 0.3) is 0 Å². The molecule has 0 saturated heterocycles. The fourth-order valence-electron chi connectivity index (χ4n) is 4.56. The van der Waals surface area contributed by atoms with Crippen molar-refractivity contribution in [1.82, 2.24) is 9.47 Å². The molecule has 1 aliphatic rings. The first-order valence-corrected chi connectivity index (χ1v) is 9.41. The van der Waals surface area contributed by atoms with Crippen LogP contribution in [-0.4, -0.2) is 21.8 Å². The van der Waals surface area contributed by atoms with Crippen LogP contribution in [0.5, 0.6) is 0 Å². The number of carbonyl (C=O) groups excluding carboxylic acids is 1. The normalized spacial score (nSPS) is 19.6. The molecule has 27 heavy (non-hydrogen) atoms. The van der Waals surface area contributed by atoms with Crippen LogP contribution in [0.2, 0.25) is 0 Å². The van der Waals surface area contributed by atoms with Crippen molar-refractivity contribution in [3.8, 4) is 6.07 Å². The lowest BCUT2D eigenvalue weighted by Crippen LogP contribution is -2.43. The zero-order chi connectivity index (χ0) is 18.8. The molecular weight excluding hydrogens is 334 g/mol. The van der Waals surface area contributed by atoms with Crippen LogP contribution < -0.4 is 0 Å². The molecule has 0 fully saturated rings. The van der Waals surface area contributed by atoms with Gasteiger partial charge in [0.1, 0.15) is 6.29 Å². The fraction of sp³-hybridized carbons (Fsp3) is 0.304. The highest BCUT2D eigenvalue weighted by Gasteiger charge is 2.37. The van der Waals surface area contributed by atoms with E-state index in [1.54, 1.807) is 0 Å². The molecule has 0 N–H and O–H groups in total. The van der Waals surface area contributed by atoms with Crippen molar-refractivity contribution in [2.24, 2.45) is 7.05 Å².